The van der Waals surface area contributed by atoms with Gasteiger partial charge in [0.25, 0.3) is 0 Å². The van der Waals surface area contributed by atoms with Gasteiger partial charge in [-0.05, 0) is 42.5 Å². The van der Waals surface area contributed by atoms with Crippen LogP contribution in [0.1, 0.15) is 6.85 Å². The first-order valence-corrected chi connectivity index (χ1v) is 16.5. The number of aromatic nitrogens is 4. The van der Waals surface area contributed by atoms with Gasteiger partial charge in [-0.1, -0.05) is 115 Å². The molecular weight excluding hydrogens is 629 g/mol. The van der Waals surface area contributed by atoms with E-state index in [0.29, 0.717) is 27.9 Å². The van der Waals surface area contributed by atoms with Crippen LogP contribution >= 0.6 is 0 Å². The zero-order chi connectivity index (χ0) is 37.8. The largest absolute Gasteiger partial charge is 0.456 e. The molecule has 238 valence electrons. The molecule has 0 fully saturated rings. The maximum atomic E-state index is 8.78. The molecule has 0 N–H and O–H groups in total. The van der Waals surface area contributed by atoms with Crippen molar-refractivity contribution in [3.63, 3.8) is 0 Å². The van der Waals surface area contributed by atoms with Crippen LogP contribution in [0.2, 0.25) is 0 Å². The van der Waals surface area contributed by atoms with Crippen LogP contribution in [0.25, 0.3) is 106 Å². The minimum Gasteiger partial charge on any atom is -0.456 e. The van der Waals surface area contributed by atoms with E-state index in [1.807, 2.05) is 84.9 Å². The summed E-state index contributed by atoms with van der Waals surface area (Å²) >= 11 is 0. The van der Waals surface area contributed by atoms with E-state index < -0.39 is 30.2 Å². The lowest BCUT2D eigenvalue weighted by molar-refractivity contribution is 0.666. The second-order valence-corrected chi connectivity index (χ2v) is 12.4. The Hall–Kier alpha value is -7.05. The second-order valence-electron chi connectivity index (χ2n) is 12.4. The average molecular weight is 660 g/mol. The third kappa shape index (κ3) is 4.20. The Labute approximate surface area is 297 Å². The van der Waals surface area contributed by atoms with Crippen LogP contribution in [0.3, 0.4) is 0 Å². The Morgan fingerprint density at radius 2 is 1.12 bits per heavy atom. The smallest absolute Gasteiger partial charge is 0.164 e. The molecule has 7 aromatic carbocycles. The minimum atomic E-state index is -0.497. The molecule has 11 aromatic rings. The van der Waals surface area contributed by atoms with E-state index in [0.717, 1.165) is 54.6 Å². The molecule has 0 saturated carbocycles. The molecule has 0 saturated heterocycles. The predicted molar refractivity (Wildman–Crippen MR) is 205 cm³/mol. The summed E-state index contributed by atoms with van der Waals surface area (Å²) in [5, 5.41) is 5.81. The van der Waals surface area contributed by atoms with E-state index in [1.165, 1.54) is 0 Å². The van der Waals surface area contributed by atoms with Gasteiger partial charge in [-0.2, -0.15) is 0 Å². The predicted octanol–water partition coefficient (Wildman–Crippen LogP) is 11.8. The van der Waals surface area contributed by atoms with Crippen molar-refractivity contribution in [2.75, 3.05) is 0 Å². The highest BCUT2D eigenvalue weighted by atomic mass is 16.3. The van der Waals surface area contributed by atoms with Gasteiger partial charge < -0.3 is 13.4 Å². The number of nitrogens with zero attached hydrogens (tertiary/aromatic N) is 4. The molecule has 0 aliphatic carbocycles. The highest BCUT2D eigenvalue weighted by Crippen LogP contribution is 2.40. The normalized spacial score (nSPS) is 13.3. The first kappa shape index (κ1) is 23.3. The van der Waals surface area contributed by atoms with Gasteiger partial charge in [0.1, 0.15) is 16.7 Å². The van der Waals surface area contributed by atoms with Crippen molar-refractivity contribution >= 4 is 65.7 Å². The maximum Gasteiger partial charge on any atom is 0.164 e. The third-order valence-electron chi connectivity index (χ3n) is 9.56. The van der Waals surface area contributed by atoms with Crippen molar-refractivity contribution in [2.24, 2.45) is 0 Å². The van der Waals surface area contributed by atoms with Gasteiger partial charge in [-0.15, -0.1) is 0 Å². The minimum absolute atomic E-state index is 0.0508. The molecule has 4 heterocycles. The lowest BCUT2D eigenvalue weighted by atomic mass is 10.1. The summed E-state index contributed by atoms with van der Waals surface area (Å²) in [6.45, 7) is 0. The molecule has 0 aliphatic rings. The van der Waals surface area contributed by atoms with Gasteiger partial charge in [0, 0.05) is 49.0 Å². The van der Waals surface area contributed by atoms with Gasteiger partial charge >= 0.3 is 0 Å². The molecule has 0 amide bonds. The summed E-state index contributed by atoms with van der Waals surface area (Å²) < 4.78 is 57.7. The van der Waals surface area contributed by atoms with E-state index in [1.54, 1.807) is 0 Å². The van der Waals surface area contributed by atoms with Crippen LogP contribution in [-0.2, 0) is 0 Å². The fourth-order valence-corrected chi connectivity index (χ4v) is 7.34. The van der Waals surface area contributed by atoms with E-state index in [-0.39, 0.29) is 23.0 Å². The highest BCUT2D eigenvalue weighted by Gasteiger charge is 2.20. The maximum absolute atomic E-state index is 8.78. The van der Waals surface area contributed by atoms with Crippen LogP contribution in [0, 0.1) is 0 Å². The van der Waals surface area contributed by atoms with E-state index in [9.17, 15) is 0 Å². The summed E-state index contributed by atoms with van der Waals surface area (Å²) in [5.41, 5.74) is 6.84. The number of rotatable bonds is 4. The monoisotopic (exact) mass is 659 g/mol. The Balaban J connectivity index is 1.15. The third-order valence-corrected chi connectivity index (χ3v) is 9.56. The van der Waals surface area contributed by atoms with Crippen LogP contribution in [0.4, 0.5) is 0 Å². The van der Waals surface area contributed by atoms with Crippen molar-refractivity contribution in [3.8, 4) is 39.9 Å². The lowest BCUT2D eigenvalue weighted by Crippen LogP contribution is -2.00. The summed E-state index contributed by atoms with van der Waals surface area (Å²) in [7, 11) is 0. The molecular formula is C45H26N4O2. The molecule has 6 heteroatoms. The zero-order valence-electron chi connectivity index (χ0n) is 31.7. The molecule has 11 rings (SSSR count). The van der Waals surface area contributed by atoms with Crippen molar-refractivity contribution in [1.82, 2.24) is 19.5 Å². The quantitative estimate of drug-likeness (QED) is 0.188. The fraction of sp³-hybridized carbons (Fsp3) is 0. The standard InChI is InChI=1S/C45H26N4O2/c1-2-12-27(13-3-1)43-46-44(48-45(47-43)34-18-11-23-39-41(34)33-16-6-9-22-38(33)50-39)28-24-25-31-32-17-10-21-37(42(32)51-40(31)26-28)49-35-19-7-4-14-29(35)30-15-5-8-20-36(30)49/h1-26H/i1D,2D,3D,12D,13D. The first-order chi connectivity index (χ1) is 27.4. The van der Waals surface area contributed by atoms with Crippen molar-refractivity contribution in [2.45, 2.75) is 0 Å². The van der Waals surface area contributed by atoms with Crippen LogP contribution < -0.4 is 0 Å². The summed E-state index contributed by atoms with van der Waals surface area (Å²) in [6, 6.07) is 39.6. The van der Waals surface area contributed by atoms with Gasteiger partial charge in [-0.25, -0.2) is 15.0 Å². The number of hydrogen-bond donors (Lipinski definition) is 0. The fourth-order valence-electron chi connectivity index (χ4n) is 7.34. The zero-order valence-corrected chi connectivity index (χ0v) is 26.7. The number of hydrogen-bond acceptors (Lipinski definition) is 5. The number of para-hydroxylation sites is 4. The van der Waals surface area contributed by atoms with Gasteiger partial charge in [0.2, 0.25) is 0 Å². The summed E-state index contributed by atoms with van der Waals surface area (Å²) in [6.07, 6.45) is 0. The molecule has 0 radical (unpaired) electrons. The van der Waals surface area contributed by atoms with Crippen molar-refractivity contribution < 1.29 is 15.7 Å². The lowest BCUT2D eigenvalue weighted by Gasteiger charge is -2.09. The number of fused-ring (bicyclic) bond motifs is 9. The van der Waals surface area contributed by atoms with Gasteiger partial charge in [0.15, 0.2) is 23.1 Å². The Kier molecular flexibility index (Phi) is 4.91. The molecule has 0 unspecified atom stereocenters. The summed E-state index contributed by atoms with van der Waals surface area (Å²) in [4.78, 5) is 14.6. The van der Waals surface area contributed by atoms with Crippen LogP contribution in [-0.4, -0.2) is 19.5 Å². The molecule has 0 atom stereocenters. The van der Waals surface area contributed by atoms with E-state index in [2.05, 4.69) is 47.0 Å². The molecule has 0 bridgehead atoms. The first-order valence-electron chi connectivity index (χ1n) is 19.0. The highest BCUT2D eigenvalue weighted by molar-refractivity contribution is 6.14. The second kappa shape index (κ2) is 10.7. The SMILES string of the molecule is [2H]c1c([2H])c([2H])c(-c2nc(-c3ccc4c(c3)oc3c(-n5c6ccccc6c6ccccc65)cccc34)nc(-c3cccc4oc5ccccc5c34)n2)c([2H])c1[2H]. The summed E-state index contributed by atoms with van der Waals surface area (Å²) in [5.74, 6) is 0.448. The molecule has 51 heavy (non-hydrogen) atoms. The number of benzene rings is 7. The van der Waals surface area contributed by atoms with Gasteiger partial charge in [-0.3, -0.25) is 0 Å². The van der Waals surface area contributed by atoms with E-state index in [4.69, 9.17) is 30.6 Å². The molecule has 0 aliphatic heterocycles. The average Bonchev–Trinajstić information content (AvgIpc) is 3.91. The Bertz CT molecular complexity index is 3380. The van der Waals surface area contributed by atoms with Crippen LogP contribution in [0.15, 0.2) is 166 Å². The molecule has 4 aromatic heterocycles. The van der Waals surface area contributed by atoms with E-state index >= 15 is 0 Å². The van der Waals surface area contributed by atoms with Crippen molar-refractivity contribution in [3.05, 3.63) is 158 Å². The molecule has 0 spiro atoms. The Morgan fingerprint density at radius 1 is 0.471 bits per heavy atom. The molecule has 6 nitrogen and oxygen atoms in total. The van der Waals surface area contributed by atoms with Crippen LogP contribution in [0.5, 0.6) is 0 Å². The van der Waals surface area contributed by atoms with Crippen molar-refractivity contribution in [1.29, 1.82) is 0 Å². The topological polar surface area (TPSA) is 69.9 Å². The number of furan rings is 2. The van der Waals surface area contributed by atoms with Gasteiger partial charge in [0.05, 0.1) is 23.6 Å². The Morgan fingerprint density at radius 3 is 1.92 bits per heavy atom.